The van der Waals surface area contributed by atoms with Crippen LogP contribution in [-0.2, 0) is 9.53 Å². The van der Waals surface area contributed by atoms with Gasteiger partial charge in [0.25, 0.3) is 0 Å². The fraction of sp³-hybridized carbons (Fsp3) is 0.759. The molecule has 220 valence electrons. The number of carbonyl (C=O) groups is 1. The molecule has 0 bridgehead atoms. The van der Waals surface area contributed by atoms with Crippen molar-refractivity contribution >= 4 is 34.4 Å². The van der Waals surface area contributed by atoms with Crippen molar-refractivity contribution < 1.29 is 24.1 Å². The first-order valence-corrected chi connectivity index (χ1v) is 15.3. The second-order valence-corrected chi connectivity index (χ2v) is 11.1. The van der Waals surface area contributed by atoms with Gasteiger partial charge in [-0.05, 0) is 24.1 Å². The Morgan fingerprint density at radius 3 is 2.10 bits per heavy atom. The Morgan fingerprint density at radius 1 is 1.00 bits per heavy atom. The molecular weight excluding hydrogens is 523 g/mol. The average Bonchev–Trinajstić information content (AvgIpc) is 3.46. The van der Waals surface area contributed by atoms with Crippen LogP contribution in [0.4, 0.5) is 10.2 Å². The molecule has 1 aliphatic heterocycles. The van der Waals surface area contributed by atoms with Gasteiger partial charge in [-0.1, -0.05) is 96.8 Å². The molecule has 0 aromatic carbocycles. The number of aliphatic hydroxyl groups excluding tert-OH is 2. The molecule has 2 aromatic rings. The molecule has 0 unspecified atom stereocenters. The van der Waals surface area contributed by atoms with Gasteiger partial charge in [0, 0.05) is 12.6 Å². The van der Waals surface area contributed by atoms with Crippen LogP contribution >= 0.6 is 11.6 Å². The predicted octanol–water partition coefficient (Wildman–Crippen LogP) is 6.87. The third-order valence-corrected chi connectivity index (χ3v) is 7.73. The van der Waals surface area contributed by atoms with Crippen LogP contribution in [0.3, 0.4) is 0 Å². The summed E-state index contributed by atoms with van der Waals surface area (Å²) in [6, 6.07) is 1.64. The van der Waals surface area contributed by atoms with Crippen LogP contribution in [0.15, 0.2) is 12.3 Å². The molecule has 10 heteroatoms. The summed E-state index contributed by atoms with van der Waals surface area (Å²) >= 11 is 6.10. The summed E-state index contributed by atoms with van der Waals surface area (Å²) in [5.74, 6) is 0.0899. The van der Waals surface area contributed by atoms with E-state index in [0.29, 0.717) is 11.8 Å². The fourth-order valence-corrected chi connectivity index (χ4v) is 5.40. The van der Waals surface area contributed by atoms with Crippen LogP contribution in [0.2, 0.25) is 5.28 Å². The average molecular weight is 569 g/mol. The molecule has 0 saturated carbocycles. The second-order valence-electron chi connectivity index (χ2n) is 10.7. The highest BCUT2D eigenvalue weighted by molar-refractivity contribution is 6.28. The Hall–Kier alpha value is -1.81. The first-order valence-electron chi connectivity index (χ1n) is 14.9. The number of anilines is 1. The van der Waals surface area contributed by atoms with Crippen molar-refractivity contribution in [2.45, 2.75) is 134 Å². The Balaban J connectivity index is 1.33. The Labute approximate surface area is 236 Å². The molecular formula is C29H46ClFN4O4. The molecule has 1 saturated heterocycles. The maximum Gasteiger partial charge on any atom is 0.226 e. The molecule has 3 heterocycles. The van der Waals surface area contributed by atoms with Gasteiger partial charge in [-0.3, -0.25) is 4.79 Å². The van der Waals surface area contributed by atoms with E-state index in [2.05, 4.69) is 22.2 Å². The first kappa shape index (κ1) is 31.7. The number of nitrogens with zero attached hydrogens (tertiary/aromatic N) is 3. The zero-order valence-corrected chi connectivity index (χ0v) is 24.0. The van der Waals surface area contributed by atoms with Crippen LogP contribution in [0, 0.1) is 0 Å². The smallest absolute Gasteiger partial charge is 0.226 e. The summed E-state index contributed by atoms with van der Waals surface area (Å²) < 4.78 is 21.5. The van der Waals surface area contributed by atoms with Crippen molar-refractivity contribution in [1.29, 1.82) is 0 Å². The fourth-order valence-electron chi connectivity index (χ4n) is 5.24. The standard InChI is InChI=1S/C29H46ClFN4O4/c1-2-3-4-5-6-7-8-9-10-11-12-13-14-15-16-17-23(37)32-26-21-18-19-35(27(21)34-29(30)33-26)28-24(31)25(38)22(20-36)39-28/h18-19,22,24-25,28,36,38H,2-17,20H2,1H3,(H,32,33,34,37)/t22-,24+,25-,28-/m1/s1. The highest BCUT2D eigenvalue weighted by Gasteiger charge is 2.45. The van der Waals surface area contributed by atoms with Gasteiger partial charge in [0.2, 0.25) is 11.2 Å². The number of amides is 1. The zero-order valence-electron chi connectivity index (χ0n) is 23.3. The molecule has 2 aromatic heterocycles. The number of alkyl halides is 1. The quantitative estimate of drug-likeness (QED) is 0.126. The van der Waals surface area contributed by atoms with E-state index in [-0.39, 0.29) is 22.7 Å². The van der Waals surface area contributed by atoms with Crippen molar-refractivity contribution in [2.75, 3.05) is 11.9 Å². The summed E-state index contributed by atoms with van der Waals surface area (Å²) in [6.07, 6.45) is 15.5. The number of aliphatic hydroxyl groups is 2. The molecule has 4 atom stereocenters. The number of nitrogens with one attached hydrogen (secondary N) is 1. The molecule has 1 fully saturated rings. The van der Waals surface area contributed by atoms with E-state index in [1.807, 2.05) is 0 Å². The van der Waals surface area contributed by atoms with Crippen LogP contribution in [0.5, 0.6) is 0 Å². The summed E-state index contributed by atoms with van der Waals surface area (Å²) in [5.41, 5.74) is 0.274. The van der Waals surface area contributed by atoms with E-state index in [1.54, 1.807) is 12.3 Å². The normalized spacial score (nSPS) is 21.2. The molecule has 0 spiro atoms. The Morgan fingerprint density at radius 2 is 1.56 bits per heavy atom. The summed E-state index contributed by atoms with van der Waals surface area (Å²) in [4.78, 5) is 20.9. The van der Waals surface area contributed by atoms with E-state index in [1.165, 1.54) is 81.6 Å². The molecule has 8 nitrogen and oxygen atoms in total. The monoisotopic (exact) mass is 568 g/mol. The maximum absolute atomic E-state index is 14.6. The van der Waals surface area contributed by atoms with Crippen LogP contribution in [0.1, 0.15) is 116 Å². The molecule has 1 aliphatic rings. The minimum Gasteiger partial charge on any atom is -0.394 e. The number of ether oxygens (including phenoxy) is 1. The van der Waals surface area contributed by atoms with Crippen LogP contribution in [0.25, 0.3) is 11.0 Å². The van der Waals surface area contributed by atoms with Gasteiger partial charge in [-0.15, -0.1) is 0 Å². The van der Waals surface area contributed by atoms with Gasteiger partial charge >= 0.3 is 0 Å². The van der Waals surface area contributed by atoms with Gasteiger partial charge in [-0.25, -0.2) is 4.39 Å². The van der Waals surface area contributed by atoms with Crippen molar-refractivity contribution in [3.63, 3.8) is 0 Å². The lowest BCUT2D eigenvalue weighted by molar-refractivity contribution is -0.116. The molecule has 0 aliphatic carbocycles. The van der Waals surface area contributed by atoms with Crippen molar-refractivity contribution in [1.82, 2.24) is 14.5 Å². The van der Waals surface area contributed by atoms with Crippen LogP contribution in [-0.4, -0.2) is 55.6 Å². The van der Waals surface area contributed by atoms with Crippen molar-refractivity contribution in [2.24, 2.45) is 0 Å². The van der Waals surface area contributed by atoms with Crippen molar-refractivity contribution in [3.8, 4) is 0 Å². The number of halogens is 2. The number of carbonyl (C=O) groups excluding carboxylic acids is 1. The SMILES string of the molecule is CCCCCCCCCCCCCCCCCC(=O)Nc1nc(Cl)nc2c1ccn2[C@@H]1O[C@H](CO)[C@@H](O)[C@@H]1F. The highest BCUT2D eigenvalue weighted by atomic mass is 35.5. The molecule has 1 amide bonds. The summed E-state index contributed by atoms with van der Waals surface area (Å²) in [5, 5.41) is 22.5. The van der Waals surface area contributed by atoms with E-state index in [0.717, 1.165) is 19.3 Å². The van der Waals surface area contributed by atoms with Gasteiger partial charge in [0.1, 0.15) is 23.7 Å². The largest absolute Gasteiger partial charge is 0.394 e. The zero-order chi connectivity index (χ0) is 28.0. The third-order valence-electron chi connectivity index (χ3n) is 7.56. The van der Waals surface area contributed by atoms with Crippen LogP contribution < -0.4 is 5.32 Å². The molecule has 0 radical (unpaired) electrons. The second kappa shape index (κ2) is 17.1. The van der Waals surface area contributed by atoms with E-state index >= 15 is 0 Å². The highest BCUT2D eigenvalue weighted by Crippen LogP contribution is 2.35. The molecule has 3 N–H and O–H groups in total. The van der Waals surface area contributed by atoms with Gasteiger partial charge in [-0.2, -0.15) is 9.97 Å². The predicted molar refractivity (Wildman–Crippen MR) is 153 cm³/mol. The lowest BCUT2D eigenvalue weighted by Crippen LogP contribution is -2.30. The van der Waals surface area contributed by atoms with Gasteiger partial charge in [0.05, 0.1) is 12.0 Å². The Bertz CT molecular complexity index is 1010. The minimum atomic E-state index is -1.75. The van der Waals surface area contributed by atoms with E-state index < -0.39 is 31.2 Å². The lowest BCUT2D eigenvalue weighted by Gasteiger charge is -2.16. The third kappa shape index (κ3) is 9.66. The van der Waals surface area contributed by atoms with E-state index in [9.17, 15) is 19.4 Å². The van der Waals surface area contributed by atoms with E-state index in [4.69, 9.17) is 16.3 Å². The summed E-state index contributed by atoms with van der Waals surface area (Å²) in [6.45, 7) is 1.75. The topological polar surface area (TPSA) is 110 Å². The maximum atomic E-state index is 14.6. The first-order chi connectivity index (χ1) is 19.0. The van der Waals surface area contributed by atoms with Crippen molar-refractivity contribution in [3.05, 3.63) is 17.5 Å². The number of fused-ring (bicyclic) bond motifs is 1. The van der Waals surface area contributed by atoms with Gasteiger partial charge < -0.3 is 24.8 Å². The molecule has 3 rings (SSSR count). The minimum absolute atomic E-state index is 0.0996. The lowest BCUT2D eigenvalue weighted by atomic mass is 10.0. The number of hydrogen-bond donors (Lipinski definition) is 3. The number of hydrogen-bond acceptors (Lipinski definition) is 6. The van der Waals surface area contributed by atoms with Gasteiger partial charge in [0.15, 0.2) is 12.4 Å². The number of rotatable bonds is 19. The number of aromatic nitrogens is 3. The Kier molecular flexibility index (Phi) is 13.9. The number of unbranched alkanes of at least 4 members (excludes halogenated alkanes) is 14. The molecule has 39 heavy (non-hydrogen) atoms. The summed E-state index contributed by atoms with van der Waals surface area (Å²) in [7, 11) is 0.